The van der Waals surface area contributed by atoms with Gasteiger partial charge < -0.3 is 10.2 Å². The SMILES string of the molecule is CC[C@@H](C)NC(=O)[C@H](Cc1ccccc1)N(Cc1ccc(Cl)c(Cl)c1)C(=O)CSCc1cc(C)cc(C)c1. The molecule has 3 aromatic rings. The Kier molecular flexibility index (Phi) is 11.6. The highest BCUT2D eigenvalue weighted by Crippen LogP contribution is 2.25. The second kappa shape index (κ2) is 14.6. The van der Waals surface area contributed by atoms with Crippen LogP contribution in [-0.2, 0) is 28.3 Å². The van der Waals surface area contributed by atoms with Crippen LogP contribution in [0, 0.1) is 13.8 Å². The third-order valence-electron chi connectivity index (χ3n) is 6.38. The summed E-state index contributed by atoms with van der Waals surface area (Å²) >= 11 is 14.0. The summed E-state index contributed by atoms with van der Waals surface area (Å²) in [7, 11) is 0. The Balaban J connectivity index is 1.88. The molecule has 3 rings (SSSR count). The zero-order valence-electron chi connectivity index (χ0n) is 22.5. The molecule has 0 unspecified atom stereocenters. The van der Waals surface area contributed by atoms with E-state index in [4.69, 9.17) is 23.2 Å². The maximum Gasteiger partial charge on any atom is 0.243 e. The molecule has 0 saturated heterocycles. The van der Waals surface area contributed by atoms with Gasteiger partial charge in [-0.15, -0.1) is 11.8 Å². The number of carbonyl (C=O) groups excluding carboxylic acids is 2. The number of benzene rings is 3. The van der Waals surface area contributed by atoms with Crippen molar-refractivity contribution in [2.24, 2.45) is 0 Å². The molecule has 0 aliphatic carbocycles. The van der Waals surface area contributed by atoms with Gasteiger partial charge in [-0.2, -0.15) is 0 Å². The molecule has 2 atom stereocenters. The maximum absolute atomic E-state index is 13.8. The second-order valence-electron chi connectivity index (χ2n) is 9.78. The van der Waals surface area contributed by atoms with E-state index >= 15 is 0 Å². The van der Waals surface area contributed by atoms with Crippen molar-refractivity contribution in [2.45, 2.75) is 64.9 Å². The van der Waals surface area contributed by atoms with Gasteiger partial charge in [-0.05, 0) is 56.0 Å². The highest BCUT2D eigenvalue weighted by Gasteiger charge is 2.31. The zero-order chi connectivity index (χ0) is 27.7. The zero-order valence-corrected chi connectivity index (χ0v) is 24.8. The summed E-state index contributed by atoms with van der Waals surface area (Å²) in [6.45, 7) is 8.41. The van der Waals surface area contributed by atoms with E-state index in [2.05, 4.69) is 37.4 Å². The van der Waals surface area contributed by atoms with Crippen LogP contribution in [0.15, 0.2) is 66.7 Å². The van der Waals surface area contributed by atoms with Gasteiger partial charge in [0.2, 0.25) is 11.8 Å². The third-order valence-corrected chi connectivity index (χ3v) is 8.11. The molecule has 0 saturated carbocycles. The van der Waals surface area contributed by atoms with Gasteiger partial charge in [0, 0.05) is 24.8 Å². The third kappa shape index (κ3) is 9.07. The summed E-state index contributed by atoms with van der Waals surface area (Å²) in [5.74, 6) is 0.731. The first-order chi connectivity index (χ1) is 18.2. The quantitative estimate of drug-likeness (QED) is 0.247. The first-order valence-electron chi connectivity index (χ1n) is 12.9. The van der Waals surface area contributed by atoms with E-state index in [0.717, 1.165) is 23.3 Å². The minimum atomic E-state index is -0.671. The van der Waals surface area contributed by atoms with Crippen LogP contribution < -0.4 is 5.32 Å². The van der Waals surface area contributed by atoms with Crippen LogP contribution in [0.5, 0.6) is 0 Å². The molecule has 0 fully saturated rings. The van der Waals surface area contributed by atoms with Crippen LogP contribution in [0.4, 0.5) is 0 Å². The van der Waals surface area contributed by atoms with Crippen molar-refractivity contribution in [3.63, 3.8) is 0 Å². The van der Waals surface area contributed by atoms with Crippen LogP contribution in [-0.4, -0.2) is 34.6 Å². The lowest BCUT2D eigenvalue weighted by molar-refractivity contribution is -0.139. The Morgan fingerprint density at radius 1 is 0.895 bits per heavy atom. The second-order valence-corrected chi connectivity index (χ2v) is 11.6. The van der Waals surface area contributed by atoms with Crippen LogP contribution in [0.1, 0.15) is 48.1 Å². The fraction of sp³-hybridized carbons (Fsp3) is 0.355. The Hall–Kier alpha value is -2.47. The van der Waals surface area contributed by atoms with E-state index in [1.165, 1.54) is 16.7 Å². The van der Waals surface area contributed by atoms with Gasteiger partial charge in [0.25, 0.3) is 0 Å². The molecule has 0 heterocycles. The number of thioether (sulfide) groups is 1. The van der Waals surface area contributed by atoms with E-state index in [1.807, 2.05) is 50.2 Å². The predicted molar refractivity (Wildman–Crippen MR) is 161 cm³/mol. The number of nitrogens with one attached hydrogen (secondary N) is 1. The number of carbonyl (C=O) groups is 2. The molecule has 202 valence electrons. The molecule has 0 radical (unpaired) electrons. The molecule has 0 aliphatic heterocycles. The van der Waals surface area contributed by atoms with E-state index in [1.54, 1.807) is 28.8 Å². The molecule has 38 heavy (non-hydrogen) atoms. The van der Waals surface area contributed by atoms with Crippen LogP contribution in [0.25, 0.3) is 0 Å². The topological polar surface area (TPSA) is 49.4 Å². The average Bonchev–Trinajstić information content (AvgIpc) is 2.88. The monoisotopic (exact) mass is 570 g/mol. The summed E-state index contributed by atoms with van der Waals surface area (Å²) in [4.78, 5) is 29.1. The lowest BCUT2D eigenvalue weighted by atomic mass is 10.0. The minimum Gasteiger partial charge on any atom is -0.352 e. The molecule has 1 N–H and O–H groups in total. The standard InChI is InChI=1S/C31H36Cl2N2O2S/c1-5-23(4)34-31(37)29(17-24-9-7-6-8-10-24)35(18-25-11-12-27(32)28(33)16-25)30(36)20-38-19-26-14-21(2)13-22(3)15-26/h6-16,23,29H,5,17-20H2,1-4H3,(H,34,37)/t23-,29+/m1/s1. The number of nitrogens with zero attached hydrogens (tertiary/aromatic N) is 1. The van der Waals surface area contributed by atoms with Crippen LogP contribution >= 0.6 is 35.0 Å². The Morgan fingerprint density at radius 2 is 1.58 bits per heavy atom. The normalized spacial score (nSPS) is 12.6. The highest BCUT2D eigenvalue weighted by molar-refractivity contribution is 7.99. The Morgan fingerprint density at radius 3 is 2.21 bits per heavy atom. The summed E-state index contributed by atoms with van der Waals surface area (Å²) in [6.07, 6.45) is 1.22. The summed E-state index contributed by atoms with van der Waals surface area (Å²) < 4.78 is 0. The van der Waals surface area contributed by atoms with Gasteiger partial charge in [0.05, 0.1) is 15.8 Å². The molecule has 0 spiro atoms. The molecule has 4 nitrogen and oxygen atoms in total. The van der Waals surface area contributed by atoms with Crippen molar-refractivity contribution in [1.82, 2.24) is 10.2 Å². The van der Waals surface area contributed by atoms with Crippen LogP contribution in [0.3, 0.4) is 0 Å². The summed E-state index contributed by atoms with van der Waals surface area (Å²) in [5.41, 5.74) is 5.41. The first-order valence-corrected chi connectivity index (χ1v) is 14.8. The summed E-state index contributed by atoms with van der Waals surface area (Å²) in [5, 5.41) is 3.97. The van der Waals surface area contributed by atoms with Gasteiger partial charge in [-0.25, -0.2) is 0 Å². The number of aryl methyl sites for hydroxylation is 2. The van der Waals surface area contributed by atoms with Crippen molar-refractivity contribution in [3.8, 4) is 0 Å². The smallest absolute Gasteiger partial charge is 0.243 e. The van der Waals surface area contributed by atoms with Gasteiger partial charge in [-0.1, -0.05) is 95.8 Å². The molecule has 0 aliphatic rings. The molecule has 0 bridgehead atoms. The van der Waals surface area contributed by atoms with Crippen molar-refractivity contribution in [1.29, 1.82) is 0 Å². The fourth-order valence-corrected chi connectivity index (χ4v) is 5.49. The first kappa shape index (κ1) is 30.1. The number of hydrogen-bond acceptors (Lipinski definition) is 3. The van der Waals surface area contributed by atoms with Crippen molar-refractivity contribution >= 4 is 46.8 Å². The largest absolute Gasteiger partial charge is 0.352 e. The maximum atomic E-state index is 13.8. The van der Waals surface area contributed by atoms with Gasteiger partial charge in [-0.3, -0.25) is 9.59 Å². The van der Waals surface area contributed by atoms with Gasteiger partial charge >= 0.3 is 0 Å². The lowest BCUT2D eigenvalue weighted by Crippen LogP contribution is -2.52. The fourth-order valence-electron chi connectivity index (χ4n) is 4.32. The molecular weight excluding hydrogens is 535 g/mol. The van der Waals surface area contributed by atoms with E-state index in [9.17, 15) is 9.59 Å². The molecule has 3 aromatic carbocycles. The lowest BCUT2D eigenvalue weighted by Gasteiger charge is -2.32. The Bertz CT molecular complexity index is 1220. The van der Waals surface area contributed by atoms with E-state index in [-0.39, 0.29) is 30.2 Å². The Labute approximate surface area is 241 Å². The number of amides is 2. The molecule has 2 amide bonds. The van der Waals surface area contributed by atoms with E-state index in [0.29, 0.717) is 16.5 Å². The van der Waals surface area contributed by atoms with Crippen LogP contribution in [0.2, 0.25) is 10.0 Å². The van der Waals surface area contributed by atoms with Crippen molar-refractivity contribution in [3.05, 3.63) is 105 Å². The number of rotatable bonds is 12. The molecule has 7 heteroatoms. The van der Waals surface area contributed by atoms with E-state index < -0.39 is 6.04 Å². The predicted octanol–water partition coefficient (Wildman–Crippen LogP) is 7.40. The summed E-state index contributed by atoms with van der Waals surface area (Å²) in [6, 6.07) is 20.9. The highest BCUT2D eigenvalue weighted by atomic mass is 35.5. The number of hydrogen-bond donors (Lipinski definition) is 1. The number of halogens is 2. The van der Waals surface area contributed by atoms with Gasteiger partial charge in [0.15, 0.2) is 0 Å². The minimum absolute atomic E-state index is 0.00152. The molecule has 0 aromatic heterocycles. The van der Waals surface area contributed by atoms with Gasteiger partial charge in [0.1, 0.15) is 6.04 Å². The average molecular weight is 572 g/mol. The van der Waals surface area contributed by atoms with Crippen molar-refractivity contribution < 1.29 is 9.59 Å². The van der Waals surface area contributed by atoms with Crippen molar-refractivity contribution in [2.75, 3.05) is 5.75 Å². The molecular formula is C31H36Cl2N2O2S.